The Morgan fingerprint density at radius 2 is 1.88 bits per heavy atom. The summed E-state index contributed by atoms with van der Waals surface area (Å²) < 4.78 is 6.21. The van der Waals surface area contributed by atoms with Crippen LogP contribution in [0.25, 0.3) is 11.1 Å². The van der Waals surface area contributed by atoms with E-state index < -0.39 is 0 Å². The first-order chi connectivity index (χ1) is 15.8. The molecule has 0 saturated carbocycles. The van der Waals surface area contributed by atoms with Gasteiger partial charge in [-0.15, -0.1) is 0 Å². The maximum atomic E-state index is 6.34. The first-order valence-electron chi connectivity index (χ1n) is 11.1. The SMILES string of the molecule is Clc1ccc2c(c1)C1C(c3nc(C4=CCCC=C4)nc(C4C=CC=CC4)n3)=CC=CC1O2. The van der Waals surface area contributed by atoms with Gasteiger partial charge >= 0.3 is 0 Å². The molecule has 0 amide bonds. The molecule has 0 radical (unpaired) electrons. The Morgan fingerprint density at radius 1 is 0.938 bits per heavy atom. The van der Waals surface area contributed by atoms with Gasteiger partial charge in [0.15, 0.2) is 11.6 Å². The van der Waals surface area contributed by atoms with Gasteiger partial charge in [0.1, 0.15) is 17.7 Å². The third-order valence-electron chi connectivity index (χ3n) is 6.29. The van der Waals surface area contributed by atoms with Gasteiger partial charge in [-0.2, -0.15) is 0 Å². The highest BCUT2D eigenvalue weighted by atomic mass is 35.5. The average Bonchev–Trinajstić information content (AvgIpc) is 3.23. The molecule has 4 nitrogen and oxygen atoms in total. The lowest BCUT2D eigenvalue weighted by molar-refractivity contribution is 0.271. The van der Waals surface area contributed by atoms with E-state index in [4.69, 9.17) is 31.3 Å². The fourth-order valence-corrected chi connectivity index (χ4v) is 4.89. The van der Waals surface area contributed by atoms with Gasteiger partial charge in [0.05, 0.1) is 5.92 Å². The molecular formula is C27H22ClN3O. The maximum absolute atomic E-state index is 6.34. The van der Waals surface area contributed by atoms with Crippen LogP contribution >= 0.6 is 11.6 Å². The molecule has 0 spiro atoms. The number of halogens is 1. The van der Waals surface area contributed by atoms with E-state index in [1.165, 1.54) is 0 Å². The largest absolute Gasteiger partial charge is 0.485 e. The van der Waals surface area contributed by atoms with Gasteiger partial charge in [-0.1, -0.05) is 66.3 Å². The lowest BCUT2D eigenvalue weighted by Gasteiger charge is -2.23. The highest BCUT2D eigenvalue weighted by Gasteiger charge is 2.38. The summed E-state index contributed by atoms with van der Waals surface area (Å²) in [6.45, 7) is 0. The van der Waals surface area contributed by atoms with E-state index in [-0.39, 0.29) is 17.9 Å². The predicted molar refractivity (Wildman–Crippen MR) is 128 cm³/mol. The average molecular weight is 440 g/mol. The van der Waals surface area contributed by atoms with Crippen molar-refractivity contribution in [3.8, 4) is 5.75 Å². The van der Waals surface area contributed by atoms with Crippen molar-refractivity contribution in [2.75, 3.05) is 0 Å². The number of hydrogen-bond acceptors (Lipinski definition) is 4. The van der Waals surface area contributed by atoms with Gasteiger partial charge < -0.3 is 4.74 Å². The zero-order valence-electron chi connectivity index (χ0n) is 17.5. The molecular weight excluding hydrogens is 418 g/mol. The number of nitrogens with zero attached hydrogens (tertiary/aromatic N) is 3. The summed E-state index contributed by atoms with van der Waals surface area (Å²) in [4.78, 5) is 14.8. The monoisotopic (exact) mass is 439 g/mol. The minimum Gasteiger partial charge on any atom is -0.485 e. The lowest BCUT2D eigenvalue weighted by atomic mass is 9.84. The Balaban J connectivity index is 1.48. The van der Waals surface area contributed by atoms with Crippen molar-refractivity contribution >= 4 is 22.7 Å². The second kappa shape index (κ2) is 8.03. The van der Waals surface area contributed by atoms with E-state index in [2.05, 4.69) is 54.7 Å². The van der Waals surface area contributed by atoms with Crippen molar-refractivity contribution in [1.82, 2.24) is 15.0 Å². The number of hydrogen-bond donors (Lipinski definition) is 0. The Morgan fingerprint density at radius 3 is 2.72 bits per heavy atom. The van der Waals surface area contributed by atoms with Crippen LogP contribution in [-0.4, -0.2) is 21.1 Å². The number of rotatable bonds is 3. The minimum atomic E-state index is -0.0848. The molecule has 3 unspecified atom stereocenters. The molecule has 1 aromatic carbocycles. The molecule has 2 heterocycles. The van der Waals surface area contributed by atoms with E-state index in [0.717, 1.165) is 53.4 Å². The van der Waals surface area contributed by atoms with Gasteiger partial charge in [0, 0.05) is 27.7 Å². The van der Waals surface area contributed by atoms with Crippen LogP contribution < -0.4 is 4.74 Å². The van der Waals surface area contributed by atoms with Crippen LogP contribution in [0.5, 0.6) is 5.75 Å². The van der Waals surface area contributed by atoms with Crippen molar-refractivity contribution in [1.29, 1.82) is 0 Å². The fourth-order valence-electron chi connectivity index (χ4n) is 4.71. The van der Waals surface area contributed by atoms with Crippen molar-refractivity contribution in [3.05, 3.63) is 107 Å². The molecule has 1 aliphatic heterocycles. The van der Waals surface area contributed by atoms with Crippen LogP contribution in [0.4, 0.5) is 0 Å². The molecule has 3 aliphatic carbocycles. The van der Waals surface area contributed by atoms with E-state index in [9.17, 15) is 0 Å². The number of fused-ring (bicyclic) bond motifs is 3. The van der Waals surface area contributed by atoms with Gasteiger partial charge in [0.2, 0.25) is 0 Å². The van der Waals surface area contributed by atoms with Crippen molar-refractivity contribution in [2.45, 2.75) is 37.2 Å². The highest BCUT2D eigenvalue weighted by Crippen LogP contribution is 2.48. The molecule has 2 aromatic rings. The summed E-state index contributed by atoms with van der Waals surface area (Å²) in [5, 5.41) is 0.704. The first-order valence-corrected chi connectivity index (χ1v) is 11.5. The van der Waals surface area contributed by atoms with Crippen LogP contribution in [0, 0.1) is 0 Å². The van der Waals surface area contributed by atoms with Gasteiger partial charge in [-0.05, 0) is 43.5 Å². The number of ether oxygens (including phenoxy) is 1. The third-order valence-corrected chi connectivity index (χ3v) is 6.52. The van der Waals surface area contributed by atoms with Gasteiger partial charge in [-0.25, -0.2) is 15.0 Å². The summed E-state index contributed by atoms with van der Waals surface area (Å²) in [6.07, 6.45) is 24.1. The Hall–Kier alpha value is -3.24. The lowest BCUT2D eigenvalue weighted by Crippen LogP contribution is -2.21. The zero-order valence-corrected chi connectivity index (χ0v) is 18.2. The zero-order chi connectivity index (χ0) is 21.5. The van der Waals surface area contributed by atoms with Gasteiger partial charge in [-0.3, -0.25) is 0 Å². The normalized spacial score (nSPS) is 25.1. The summed E-state index contributed by atoms with van der Waals surface area (Å²) in [7, 11) is 0. The highest BCUT2D eigenvalue weighted by molar-refractivity contribution is 6.30. The second-order valence-corrected chi connectivity index (χ2v) is 8.82. The number of aromatic nitrogens is 3. The van der Waals surface area contributed by atoms with Crippen molar-refractivity contribution < 1.29 is 4.74 Å². The molecule has 0 N–H and O–H groups in total. The predicted octanol–water partition coefficient (Wildman–Crippen LogP) is 6.36. The number of benzene rings is 1. The molecule has 6 rings (SSSR count). The smallest absolute Gasteiger partial charge is 0.163 e. The van der Waals surface area contributed by atoms with Crippen LogP contribution in [-0.2, 0) is 0 Å². The van der Waals surface area contributed by atoms with Crippen molar-refractivity contribution in [3.63, 3.8) is 0 Å². The van der Waals surface area contributed by atoms with E-state index in [0.29, 0.717) is 10.8 Å². The van der Waals surface area contributed by atoms with E-state index in [1.54, 1.807) is 0 Å². The maximum Gasteiger partial charge on any atom is 0.163 e. The van der Waals surface area contributed by atoms with Crippen LogP contribution in [0.2, 0.25) is 5.02 Å². The summed E-state index contributed by atoms with van der Waals surface area (Å²) >= 11 is 6.34. The van der Waals surface area contributed by atoms with Gasteiger partial charge in [0.25, 0.3) is 0 Å². The Bertz CT molecular complexity index is 1270. The Labute approximate surface area is 192 Å². The second-order valence-electron chi connectivity index (χ2n) is 8.38. The molecule has 3 atom stereocenters. The molecule has 4 aliphatic rings. The van der Waals surface area contributed by atoms with Crippen molar-refractivity contribution in [2.24, 2.45) is 0 Å². The third kappa shape index (κ3) is 3.45. The summed E-state index contributed by atoms with van der Waals surface area (Å²) in [5.74, 6) is 3.28. The summed E-state index contributed by atoms with van der Waals surface area (Å²) in [6, 6.07) is 5.82. The molecule has 1 aromatic heterocycles. The Kier molecular flexibility index (Phi) is 4.88. The topological polar surface area (TPSA) is 47.9 Å². The molecule has 32 heavy (non-hydrogen) atoms. The van der Waals surface area contributed by atoms with Crippen LogP contribution in [0.15, 0.2) is 79.0 Å². The molecule has 0 saturated heterocycles. The van der Waals surface area contributed by atoms with Crippen LogP contribution in [0.3, 0.4) is 0 Å². The molecule has 0 fully saturated rings. The minimum absolute atomic E-state index is 0.00877. The standard InChI is InChI=1S/C27H22ClN3O/c28-19-14-15-22-21(16-19)24-20(12-7-13-23(24)32-22)27-30-25(17-8-3-1-4-9-17)29-26(31-27)18-10-5-2-6-11-18/h1,3-5,7-8,10-17,23-24H,2,6,9H2. The van der Waals surface area contributed by atoms with E-state index in [1.807, 2.05) is 24.3 Å². The quantitative estimate of drug-likeness (QED) is 0.558. The fraction of sp³-hybridized carbons (Fsp3) is 0.222. The molecule has 0 bridgehead atoms. The first kappa shape index (κ1) is 19.4. The molecule has 5 heteroatoms. The van der Waals surface area contributed by atoms with Crippen LogP contribution in [0.1, 0.15) is 54.1 Å². The number of allylic oxidation sites excluding steroid dienone is 10. The molecule has 158 valence electrons. The summed E-state index contributed by atoms with van der Waals surface area (Å²) in [5.41, 5.74) is 3.18. The van der Waals surface area contributed by atoms with E-state index >= 15 is 0 Å².